The maximum absolute atomic E-state index is 13.8. The van der Waals surface area contributed by atoms with E-state index in [4.69, 9.17) is 0 Å². The number of piperazine rings is 1. The molecule has 0 atom stereocenters. The molecule has 1 fully saturated rings. The van der Waals surface area contributed by atoms with Crippen molar-refractivity contribution in [2.24, 2.45) is 0 Å². The number of halogens is 1. The van der Waals surface area contributed by atoms with E-state index in [0.29, 0.717) is 50.4 Å². The fourth-order valence-corrected chi connectivity index (χ4v) is 3.42. The van der Waals surface area contributed by atoms with E-state index in [1.807, 2.05) is 36.9 Å². The molecule has 0 radical (unpaired) electrons. The van der Waals surface area contributed by atoms with E-state index < -0.39 is 0 Å². The van der Waals surface area contributed by atoms with Crippen LogP contribution in [0, 0.1) is 5.82 Å². The van der Waals surface area contributed by atoms with Gasteiger partial charge in [0.05, 0.1) is 0 Å². The molecule has 1 heterocycles. The summed E-state index contributed by atoms with van der Waals surface area (Å²) in [6.07, 6.45) is 0. The van der Waals surface area contributed by atoms with Gasteiger partial charge in [0.2, 0.25) is 0 Å². The van der Waals surface area contributed by atoms with Crippen LogP contribution >= 0.6 is 0 Å². The number of hydrogen-bond acceptors (Lipinski definition) is 3. The fourth-order valence-electron chi connectivity index (χ4n) is 3.42. The van der Waals surface area contributed by atoms with Crippen molar-refractivity contribution in [1.82, 2.24) is 20.4 Å². The van der Waals surface area contributed by atoms with Gasteiger partial charge in [-0.2, -0.15) is 0 Å². The highest BCUT2D eigenvalue weighted by Crippen LogP contribution is 2.14. The first-order valence-electron chi connectivity index (χ1n) is 10.3. The van der Waals surface area contributed by atoms with Crippen LogP contribution in [-0.2, 0) is 13.1 Å². The summed E-state index contributed by atoms with van der Waals surface area (Å²) in [6.45, 7) is 7.43. The first-order chi connectivity index (χ1) is 14.4. The third-order valence-corrected chi connectivity index (χ3v) is 5.09. The summed E-state index contributed by atoms with van der Waals surface area (Å²) < 4.78 is 13.8. The van der Waals surface area contributed by atoms with Gasteiger partial charge < -0.3 is 15.5 Å². The Balaban J connectivity index is 1.48. The summed E-state index contributed by atoms with van der Waals surface area (Å²) in [7, 11) is 0. The Morgan fingerprint density at radius 2 is 1.67 bits per heavy atom. The Labute approximate surface area is 177 Å². The molecule has 0 aliphatic carbocycles. The third-order valence-electron chi connectivity index (χ3n) is 5.09. The van der Waals surface area contributed by atoms with E-state index in [2.05, 4.69) is 15.5 Å². The van der Waals surface area contributed by atoms with Gasteiger partial charge in [-0.1, -0.05) is 30.3 Å². The molecule has 2 aromatic rings. The second-order valence-corrected chi connectivity index (χ2v) is 7.84. The van der Waals surface area contributed by atoms with Crippen LogP contribution in [0.2, 0.25) is 0 Å². The van der Waals surface area contributed by atoms with Crippen molar-refractivity contribution in [2.75, 3.05) is 26.2 Å². The molecule has 2 aromatic carbocycles. The number of rotatable bonds is 6. The van der Waals surface area contributed by atoms with Crippen molar-refractivity contribution >= 4 is 11.9 Å². The van der Waals surface area contributed by atoms with E-state index in [-0.39, 0.29) is 23.8 Å². The van der Waals surface area contributed by atoms with Gasteiger partial charge in [-0.05, 0) is 37.6 Å². The lowest BCUT2D eigenvalue weighted by atomic mass is 10.1. The summed E-state index contributed by atoms with van der Waals surface area (Å²) in [6, 6.07) is 14.0. The molecular formula is C23H29FN4O2. The first-order valence-corrected chi connectivity index (χ1v) is 10.3. The number of carbonyl (C=O) groups is 2. The lowest BCUT2D eigenvalue weighted by Crippen LogP contribution is -2.48. The van der Waals surface area contributed by atoms with Crippen molar-refractivity contribution in [3.63, 3.8) is 0 Å². The molecule has 2 N–H and O–H groups in total. The number of hydrogen-bond donors (Lipinski definition) is 2. The first kappa shape index (κ1) is 21.8. The molecule has 7 heteroatoms. The minimum atomic E-state index is -0.210. The van der Waals surface area contributed by atoms with Crippen LogP contribution in [0.4, 0.5) is 9.18 Å². The Morgan fingerprint density at radius 1 is 1.00 bits per heavy atom. The van der Waals surface area contributed by atoms with Gasteiger partial charge in [0.1, 0.15) is 5.82 Å². The fraction of sp³-hybridized carbons (Fsp3) is 0.391. The molecule has 0 spiro atoms. The van der Waals surface area contributed by atoms with E-state index in [1.165, 1.54) is 6.07 Å². The van der Waals surface area contributed by atoms with Crippen molar-refractivity contribution in [1.29, 1.82) is 0 Å². The minimum absolute atomic E-state index is 0.00222. The Morgan fingerprint density at radius 3 is 2.30 bits per heavy atom. The Kier molecular flexibility index (Phi) is 7.41. The van der Waals surface area contributed by atoms with Crippen molar-refractivity contribution in [3.05, 3.63) is 71.0 Å². The maximum Gasteiger partial charge on any atom is 0.315 e. The predicted molar refractivity (Wildman–Crippen MR) is 115 cm³/mol. The number of nitrogens with zero attached hydrogens (tertiary/aromatic N) is 2. The van der Waals surface area contributed by atoms with Gasteiger partial charge in [-0.25, -0.2) is 9.18 Å². The smallest absolute Gasteiger partial charge is 0.315 e. The molecule has 1 aliphatic rings. The van der Waals surface area contributed by atoms with Gasteiger partial charge in [-0.15, -0.1) is 0 Å². The van der Waals surface area contributed by atoms with Crippen LogP contribution in [0.5, 0.6) is 0 Å². The summed E-state index contributed by atoms with van der Waals surface area (Å²) in [5.74, 6) is -0.190. The quantitative estimate of drug-likeness (QED) is 0.767. The molecule has 3 rings (SSSR count). The maximum atomic E-state index is 13.8. The largest absolute Gasteiger partial charge is 0.336 e. The Bertz CT molecular complexity index is 862. The zero-order valence-corrected chi connectivity index (χ0v) is 17.5. The molecule has 3 amide bonds. The summed E-state index contributed by atoms with van der Waals surface area (Å²) in [5, 5.41) is 5.57. The van der Waals surface area contributed by atoms with Crippen molar-refractivity contribution in [3.8, 4) is 0 Å². The second-order valence-electron chi connectivity index (χ2n) is 7.84. The molecule has 0 unspecified atom stereocenters. The number of urea groups is 1. The lowest BCUT2D eigenvalue weighted by Gasteiger charge is -2.34. The average molecular weight is 413 g/mol. The molecule has 160 valence electrons. The van der Waals surface area contributed by atoms with Crippen LogP contribution in [0.15, 0.2) is 48.5 Å². The second kappa shape index (κ2) is 10.2. The molecule has 1 saturated heterocycles. The molecule has 6 nitrogen and oxygen atoms in total. The topological polar surface area (TPSA) is 64.7 Å². The number of carbonyl (C=O) groups excluding carboxylic acids is 2. The van der Waals surface area contributed by atoms with Crippen LogP contribution in [-0.4, -0.2) is 54.0 Å². The zero-order valence-electron chi connectivity index (χ0n) is 17.5. The molecule has 0 bridgehead atoms. The zero-order chi connectivity index (χ0) is 21.5. The number of benzene rings is 2. The third kappa shape index (κ3) is 6.03. The van der Waals surface area contributed by atoms with E-state index in [9.17, 15) is 14.0 Å². The number of nitrogens with one attached hydrogen (secondary N) is 2. The van der Waals surface area contributed by atoms with Gasteiger partial charge in [0.15, 0.2) is 0 Å². The van der Waals surface area contributed by atoms with Crippen LogP contribution in [0.3, 0.4) is 0 Å². The van der Waals surface area contributed by atoms with Gasteiger partial charge in [0.25, 0.3) is 5.91 Å². The van der Waals surface area contributed by atoms with Crippen LogP contribution in [0.1, 0.15) is 35.3 Å². The molecular weight excluding hydrogens is 383 g/mol. The monoisotopic (exact) mass is 412 g/mol. The average Bonchev–Trinajstić information content (AvgIpc) is 2.74. The highest BCUT2D eigenvalue weighted by molar-refractivity contribution is 5.94. The van der Waals surface area contributed by atoms with Gasteiger partial charge >= 0.3 is 6.03 Å². The van der Waals surface area contributed by atoms with E-state index >= 15 is 0 Å². The van der Waals surface area contributed by atoms with E-state index in [0.717, 1.165) is 5.56 Å². The SMILES string of the molecule is CC(C)NC(=O)NCc1ccc(C(=O)N2CCN(Cc3ccccc3F)CC2)cc1. The molecule has 30 heavy (non-hydrogen) atoms. The van der Waals surface area contributed by atoms with Gasteiger partial charge in [0, 0.05) is 56.4 Å². The number of amides is 3. The van der Waals surface area contributed by atoms with Crippen molar-refractivity contribution < 1.29 is 14.0 Å². The standard InChI is InChI=1S/C23H29FN4O2/c1-17(2)26-23(30)25-15-18-7-9-19(10-8-18)22(29)28-13-11-27(12-14-28)16-20-5-3-4-6-21(20)24/h3-10,17H,11-16H2,1-2H3,(H2,25,26,30). The summed E-state index contributed by atoms with van der Waals surface area (Å²) >= 11 is 0. The Hall–Kier alpha value is -2.93. The van der Waals surface area contributed by atoms with Gasteiger partial charge in [-0.3, -0.25) is 9.69 Å². The highest BCUT2D eigenvalue weighted by Gasteiger charge is 2.22. The summed E-state index contributed by atoms with van der Waals surface area (Å²) in [5.41, 5.74) is 2.25. The summed E-state index contributed by atoms with van der Waals surface area (Å²) in [4.78, 5) is 28.4. The van der Waals surface area contributed by atoms with Crippen LogP contribution < -0.4 is 10.6 Å². The predicted octanol–water partition coefficient (Wildman–Crippen LogP) is 2.99. The highest BCUT2D eigenvalue weighted by atomic mass is 19.1. The van der Waals surface area contributed by atoms with Crippen molar-refractivity contribution in [2.45, 2.75) is 33.0 Å². The lowest BCUT2D eigenvalue weighted by molar-refractivity contribution is 0.0627. The minimum Gasteiger partial charge on any atom is -0.336 e. The molecule has 0 aromatic heterocycles. The van der Waals surface area contributed by atoms with E-state index in [1.54, 1.807) is 24.3 Å². The normalized spacial score (nSPS) is 14.6. The van der Waals surface area contributed by atoms with Crippen LogP contribution in [0.25, 0.3) is 0 Å². The molecule has 0 saturated carbocycles. The molecule has 1 aliphatic heterocycles.